The third kappa shape index (κ3) is 4.76. The minimum atomic E-state index is 0.0283. The van der Waals surface area contributed by atoms with E-state index in [2.05, 4.69) is 39.1 Å². The molecule has 0 spiro atoms. The Labute approximate surface area is 158 Å². The van der Waals surface area contributed by atoms with E-state index >= 15 is 0 Å². The smallest absolute Gasteiger partial charge is 0.230 e. The molecule has 0 aliphatic heterocycles. The van der Waals surface area contributed by atoms with Crippen LogP contribution in [0.2, 0.25) is 0 Å². The second kappa shape index (κ2) is 8.72. The van der Waals surface area contributed by atoms with Crippen molar-refractivity contribution in [1.29, 1.82) is 0 Å². The van der Waals surface area contributed by atoms with Crippen molar-refractivity contribution in [3.8, 4) is 11.3 Å². The van der Waals surface area contributed by atoms with Crippen LogP contribution in [0, 0.1) is 0 Å². The molecule has 3 rings (SSSR count). The van der Waals surface area contributed by atoms with Gasteiger partial charge in [0.1, 0.15) is 0 Å². The first-order chi connectivity index (χ1) is 12.6. The zero-order valence-corrected chi connectivity index (χ0v) is 15.9. The number of imidazole rings is 1. The number of hydrogen-bond donors (Lipinski definition) is 1. The van der Waals surface area contributed by atoms with Crippen molar-refractivity contribution in [2.24, 2.45) is 0 Å². The van der Waals surface area contributed by atoms with Gasteiger partial charge >= 0.3 is 0 Å². The van der Waals surface area contributed by atoms with Crippen LogP contribution in [0.25, 0.3) is 11.3 Å². The fourth-order valence-electron chi connectivity index (χ4n) is 2.73. The predicted octanol–water partition coefficient (Wildman–Crippen LogP) is 4.22. The van der Waals surface area contributed by atoms with E-state index in [0.29, 0.717) is 5.75 Å². The maximum Gasteiger partial charge on any atom is 0.230 e. The molecule has 0 aliphatic carbocycles. The highest BCUT2D eigenvalue weighted by molar-refractivity contribution is 7.99. The van der Waals surface area contributed by atoms with E-state index in [4.69, 9.17) is 0 Å². The number of carbonyl (C=O) groups excluding carboxylic acids is 1. The maximum atomic E-state index is 12.0. The highest BCUT2D eigenvalue weighted by Gasteiger charge is 2.14. The number of aromatic nitrogens is 2. The Balaban J connectivity index is 1.86. The molecule has 4 nitrogen and oxygen atoms in total. The first-order valence-electron chi connectivity index (χ1n) is 8.70. The standard InChI is InChI=1S/C21H23N3OS/c1-16(2)23-20(25)15-26-21-22-13-19(18-11-7-4-8-12-18)24(21)14-17-9-5-3-6-10-17/h3-13,16H,14-15H2,1-2H3,(H,23,25). The topological polar surface area (TPSA) is 46.9 Å². The Morgan fingerprint density at radius 1 is 1.08 bits per heavy atom. The van der Waals surface area contributed by atoms with Gasteiger partial charge in [-0.25, -0.2) is 4.98 Å². The monoisotopic (exact) mass is 365 g/mol. The van der Waals surface area contributed by atoms with E-state index in [1.807, 2.05) is 56.4 Å². The average Bonchev–Trinajstić information content (AvgIpc) is 3.03. The molecule has 0 unspecified atom stereocenters. The second-order valence-electron chi connectivity index (χ2n) is 6.37. The summed E-state index contributed by atoms with van der Waals surface area (Å²) < 4.78 is 2.18. The number of amides is 1. The van der Waals surface area contributed by atoms with E-state index in [1.54, 1.807) is 0 Å². The first kappa shape index (κ1) is 18.3. The number of rotatable bonds is 7. The van der Waals surface area contributed by atoms with Crippen molar-refractivity contribution < 1.29 is 4.79 Å². The molecular formula is C21H23N3OS. The Kier molecular flexibility index (Phi) is 6.12. The van der Waals surface area contributed by atoms with Crippen LogP contribution in [-0.2, 0) is 11.3 Å². The quantitative estimate of drug-likeness (QED) is 0.638. The summed E-state index contributed by atoms with van der Waals surface area (Å²) in [6.07, 6.45) is 1.89. The molecule has 134 valence electrons. The summed E-state index contributed by atoms with van der Waals surface area (Å²) in [6.45, 7) is 4.65. The van der Waals surface area contributed by atoms with E-state index in [-0.39, 0.29) is 11.9 Å². The molecule has 0 bridgehead atoms. The molecule has 2 aromatic carbocycles. The number of benzene rings is 2. The maximum absolute atomic E-state index is 12.0. The fourth-order valence-corrected chi connectivity index (χ4v) is 3.52. The van der Waals surface area contributed by atoms with Gasteiger partial charge in [0.2, 0.25) is 5.91 Å². The largest absolute Gasteiger partial charge is 0.353 e. The second-order valence-corrected chi connectivity index (χ2v) is 7.32. The van der Waals surface area contributed by atoms with Gasteiger partial charge in [-0.1, -0.05) is 72.4 Å². The summed E-state index contributed by atoms with van der Waals surface area (Å²) in [7, 11) is 0. The van der Waals surface area contributed by atoms with Crippen molar-refractivity contribution in [3.63, 3.8) is 0 Å². The van der Waals surface area contributed by atoms with Gasteiger partial charge in [-0.3, -0.25) is 4.79 Å². The Morgan fingerprint density at radius 2 is 1.73 bits per heavy atom. The summed E-state index contributed by atoms with van der Waals surface area (Å²) in [5.74, 6) is 0.388. The molecule has 3 aromatic rings. The highest BCUT2D eigenvalue weighted by atomic mass is 32.2. The summed E-state index contributed by atoms with van der Waals surface area (Å²) in [6, 6.07) is 20.7. The lowest BCUT2D eigenvalue weighted by atomic mass is 10.1. The lowest BCUT2D eigenvalue weighted by molar-refractivity contribution is -0.119. The van der Waals surface area contributed by atoms with E-state index in [9.17, 15) is 4.79 Å². The van der Waals surface area contributed by atoms with Gasteiger partial charge in [0.15, 0.2) is 5.16 Å². The molecule has 1 heterocycles. The van der Waals surface area contributed by atoms with Gasteiger partial charge in [0.25, 0.3) is 0 Å². The molecule has 1 N–H and O–H groups in total. The molecule has 0 saturated heterocycles. The van der Waals surface area contributed by atoms with Crippen molar-refractivity contribution in [2.75, 3.05) is 5.75 Å². The molecule has 0 aliphatic rings. The van der Waals surface area contributed by atoms with Crippen LogP contribution >= 0.6 is 11.8 Å². The number of thioether (sulfide) groups is 1. The molecule has 1 amide bonds. The highest BCUT2D eigenvalue weighted by Crippen LogP contribution is 2.27. The van der Waals surface area contributed by atoms with Gasteiger partial charge in [0.05, 0.1) is 24.2 Å². The Hall–Kier alpha value is -2.53. The average molecular weight is 366 g/mol. The van der Waals surface area contributed by atoms with Crippen molar-refractivity contribution in [1.82, 2.24) is 14.9 Å². The third-order valence-corrected chi connectivity index (χ3v) is 4.84. The zero-order valence-electron chi connectivity index (χ0n) is 15.1. The number of carbonyl (C=O) groups is 1. The van der Waals surface area contributed by atoms with Gasteiger partial charge in [-0.15, -0.1) is 0 Å². The van der Waals surface area contributed by atoms with Crippen LogP contribution in [0.15, 0.2) is 72.0 Å². The normalized spacial score (nSPS) is 10.9. The zero-order chi connectivity index (χ0) is 18.4. The van der Waals surface area contributed by atoms with E-state index < -0.39 is 0 Å². The van der Waals surface area contributed by atoms with Crippen LogP contribution in [0.5, 0.6) is 0 Å². The van der Waals surface area contributed by atoms with Crippen molar-refractivity contribution in [3.05, 3.63) is 72.4 Å². The third-order valence-electron chi connectivity index (χ3n) is 3.85. The molecule has 1 aromatic heterocycles. The summed E-state index contributed by atoms with van der Waals surface area (Å²) in [4.78, 5) is 16.6. The van der Waals surface area contributed by atoms with Crippen LogP contribution in [0.3, 0.4) is 0 Å². The Morgan fingerprint density at radius 3 is 2.38 bits per heavy atom. The summed E-state index contributed by atoms with van der Waals surface area (Å²) >= 11 is 1.47. The Bertz CT molecular complexity index is 844. The molecule has 26 heavy (non-hydrogen) atoms. The minimum absolute atomic E-state index is 0.0283. The molecule has 5 heteroatoms. The summed E-state index contributed by atoms with van der Waals surface area (Å²) in [5.41, 5.74) is 3.38. The van der Waals surface area contributed by atoms with E-state index in [1.165, 1.54) is 17.3 Å². The van der Waals surface area contributed by atoms with Gasteiger partial charge in [-0.05, 0) is 25.0 Å². The summed E-state index contributed by atoms with van der Waals surface area (Å²) in [5, 5.41) is 3.78. The first-order valence-corrected chi connectivity index (χ1v) is 9.69. The lowest BCUT2D eigenvalue weighted by Gasteiger charge is -2.13. The van der Waals surface area contributed by atoms with Crippen LogP contribution in [0.4, 0.5) is 0 Å². The minimum Gasteiger partial charge on any atom is -0.353 e. The van der Waals surface area contributed by atoms with E-state index in [0.717, 1.165) is 23.0 Å². The van der Waals surface area contributed by atoms with Crippen LogP contribution < -0.4 is 5.32 Å². The fraction of sp³-hybridized carbons (Fsp3) is 0.238. The SMILES string of the molecule is CC(C)NC(=O)CSc1ncc(-c2ccccc2)n1Cc1ccccc1. The van der Waals surface area contributed by atoms with Gasteiger partial charge < -0.3 is 9.88 Å². The number of nitrogens with one attached hydrogen (secondary N) is 1. The van der Waals surface area contributed by atoms with Gasteiger partial charge in [-0.2, -0.15) is 0 Å². The van der Waals surface area contributed by atoms with Crippen LogP contribution in [0.1, 0.15) is 19.4 Å². The van der Waals surface area contributed by atoms with Crippen molar-refractivity contribution >= 4 is 17.7 Å². The molecular weight excluding hydrogens is 342 g/mol. The molecule has 0 atom stereocenters. The van der Waals surface area contributed by atoms with Gasteiger partial charge in [0, 0.05) is 6.04 Å². The number of nitrogens with zero attached hydrogens (tertiary/aromatic N) is 2. The molecule has 0 fully saturated rings. The van der Waals surface area contributed by atoms with Crippen LogP contribution in [-0.4, -0.2) is 27.3 Å². The lowest BCUT2D eigenvalue weighted by Crippen LogP contribution is -2.31. The molecule has 0 saturated carbocycles. The molecule has 0 radical (unpaired) electrons. The predicted molar refractivity (Wildman–Crippen MR) is 107 cm³/mol. The van der Waals surface area contributed by atoms with Crippen molar-refractivity contribution in [2.45, 2.75) is 31.6 Å². The number of hydrogen-bond acceptors (Lipinski definition) is 3.